The van der Waals surface area contributed by atoms with Crippen LogP contribution in [0.4, 0.5) is 4.79 Å². The fourth-order valence-electron chi connectivity index (χ4n) is 5.94. The Hall–Kier alpha value is -3.85. The lowest BCUT2D eigenvalue weighted by Gasteiger charge is -2.34. The van der Waals surface area contributed by atoms with Crippen molar-refractivity contribution in [3.05, 3.63) is 52.9 Å². The summed E-state index contributed by atoms with van der Waals surface area (Å²) in [7, 11) is 3.90. The molecule has 6 rings (SSSR count). The van der Waals surface area contributed by atoms with Crippen molar-refractivity contribution in [2.24, 2.45) is 14.1 Å². The van der Waals surface area contributed by atoms with E-state index in [1.165, 1.54) is 0 Å². The van der Waals surface area contributed by atoms with Crippen LogP contribution in [-0.2, 0) is 18.8 Å². The van der Waals surface area contributed by atoms with Crippen molar-refractivity contribution in [2.75, 3.05) is 13.1 Å². The van der Waals surface area contributed by atoms with Crippen molar-refractivity contribution in [1.29, 1.82) is 0 Å². The number of ether oxygens (including phenoxy) is 1. The highest BCUT2D eigenvalue weighted by Gasteiger charge is 2.31. The summed E-state index contributed by atoms with van der Waals surface area (Å²) in [5.74, 6) is 0. The number of hydrogen-bond donors (Lipinski definition) is 0. The molecule has 0 spiro atoms. The van der Waals surface area contributed by atoms with Crippen molar-refractivity contribution in [2.45, 2.75) is 59.1 Å². The summed E-state index contributed by atoms with van der Waals surface area (Å²) in [5, 5.41) is 17.0. The van der Waals surface area contributed by atoms with E-state index in [2.05, 4.69) is 46.1 Å². The number of carbonyl (C=O) groups excluding carboxylic acids is 1. The molecule has 0 bridgehead atoms. The Morgan fingerprint density at radius 3 is 2.37 bits per heavy atom. The largest absolute Gasteiger partial charge is 0.444 e. The van der Waals surface area contributed by atoms with E-state index in [0.29, 0.717) is 18.1 Å². The standard InChI is InChI=1S/C31H36ClN7O2/c1-18-14-25-23(17-34-37(25)7)27(28(18)32)26-19(2)39(22-10-12-38(13-11-22)30(40)41-31(3,4)5)35-29(26)20-8-9-24-21(15-20)16-33-36(24)6/h8-9,14-17,22H,10-13H2,1-7H3. The van der Waals surface area contributed by atoms with Gasteiger partial charge >= 0.3 is 6.09 Å². The van der Waals surface area contributed by atoms with E-state index in [4.69, 9.17) is 21.4 Å². The number of benzene rings is 2. The van der Waals surface area contributed by atoms with Gasteiger partial charge in [0, 0.05) is 60.3 Å². The zero-order valence-electron chi connectivity index (χ0n) is 24.7. The molecule has 0 N–H and O–H groups in total. The van der Waals surface area contributed by atoms with Crippen molar-refractivity contribution < 1.29 is 9.53 Å². The predicted octanol–water partition coefficient (Wildman–Crippen LogP) is 6.83. The molecule has 214 valence electrons. The summed E-state index contributed by atoms with van der Waals surface area (Å²) >= 11 is 7.10. The lowest BCUT2D eigenvalue weighted by atomic mass is 9.94. The van der Waals surface area contributed by atoms with Crippen LogP contribution >= 0.6 is 11.6 Å². The van der Waals surface area contributed by atoms with Crippen LogP contribution < -0.4 is 0 Å². The average molecular weight is 574 g/mol. The van der Waals surface area contributed by atoms with Crippen LogP contribution in [0.15, 0.2) is 36.7 Å². The van der Waals surface area contributed by atoms with E-state index in [-0.39, 0.29) is 12.1 Å². The molecule has 0 radical (unpaired) electrons. The Kier molecular flexibility index (Phi) is 6.60. The number of carbonyl (C=O) groups is 1. The number of nitrogens with zero attached hydrogens (tertiary/aromatic N) is 7. The highest BCUT2D eigenvalue weighted by Crippen LogP contribution is 2.45. The third kappa shape index (κ3) is 4.76. The van der Waals surface area contributed by atoms with Crippen molar-refractivity contribution in [3.8, 4) is 22.4 Å². The van der Waals surface area contributed by atoms with Gasteiger partial charge in [0.1, 0.15) is 11.3 Å². The Balaban J connectivity index is 1.47. The van der Waals surface area contributed by atoms with Gasteiger partial charge in [0.25, 0.3) is 0 Å². The predicted molar refractivity (Wildman–Crippen MR) is 162 cm³/mol. The molecule has 10 heteroatoms. The highest BCUT2D eigenvalue weighted by molar-refractivity contribution is 6.36. The van der Waals surface area contributed by atoms with E-state index in [1.807, 2.05) is 63.5 Å². The second kappa shape index (κ2) is 9.91. The maximum atomic E-state index is 12.7. The third-order valence-electron chi connectivity index (χ3n) is 8.05. The Morgan fingerprint density at radius 2 is 1.66 bits per heavy atom. The van der Waals surface area contributed by atoms with E-state index < -0.39 is 5.60 Å². The molecule has 2 aromatic carbocycles. The normalized spacial score (nSPS) is 14.9. The topological polar surface area (TPSA) is 83.0 Å². The molecular weight excluding hydrogens is 538 g/mol. The number of piperidine rings is 1. The highest BCUT2D eigenvalue weighted by atomic mass is 35.5. The summed E-state index contributed by atoms with van der Waals surface area (Å²) in [6, 6.07) is 8.56. The van der Waals surface area contributed by atoms with Gasteiger partial charge in [0.15, 0.2) is 0 Å². The van der Waals surface area contributed by atoms with Gasteiger partial charge < -0.3 is 9.64 Å². The SMILES string of the molecule is Cc1cc2c(cnn2C)c(-c2c(-c3ccc4c(cnn4C)c3)nn(C3CCN(C(=O)OC(C)(C)C)CC3)c2C)c1Cl. The molecule has 1 aliphatic heterocycles. The molecule has 4 heterocycles. The van der Waals surface area contributed by atoms with Crippen molar-refractivity contribution in [3.63, 3.8) is 0 Å². The van der Waals surface area contributed by atoms with Gasteiger partial charge in [-0.1, -0.05) is 17.7 Å². The van der Waals surface area contributed by atoms with Gasteiger partial charge in [0.2, 0.25) is 0 Å². The number of hydrogen-bond acceptors (Lipinski definition) is 5. The summed E-state index contributed by atoms with van der Waals surface area (Å²) in [6.45, 7) is 11.1. The second-order valence-electron chi connectivity index (χ2n) is 12.1. The number of halogens is 1. The summed E-state index contributed by atoms with van der Waals surface area (Å²) in [4.78, 5) is 14.5. The number of rotatable bonds is 3. The van der Waals surface area contributed by atoms with Gasteiger partial charge in [-0.05, 0) is 71.2 Å². The first-order chi connectivity index (χ1) is 19.4. The van der Waals surface area contributed by atoms with E-state index in [9.17, 15) is 4.79 Å². The molecular formula is C31H36ClN7O2. The number of aromatic nitrogens is 6. The molecule has 0 unspecified atom stereocenters. The van der Waals surface area contributed by atoms with E-state index in [0.717, 1.165) is 68.3 Å². The minimum Gasteiger partial charge on any atom is -0.444 e. The molecule has 1 fully saturated rings. The van der Waals surface area contributed by atoms with Crippen molar-refractivity contribution in [1.82, 2.24) is 34.2 Å². The fourth-order valence-corrected chi connectivity index (χ4v) is 6.20. The molecule has 0 aliphatic carbocycles. The second-order valence-corrected chi connectivity index (χ2v) is 12.5. The Bertz CT molecular complexity index is 1800. The first-order valence-electron chi connectivity index (χ1n) is 14.0. The van der Waals surface area contributed by atoms with Crippen molar-refractivity contribution >= 4 is 39.5 Å². The van der Waals surface area contributed by atoms with Crippen LogP contribution in [0, 0.1) is 13.8 Å². The lowest BCUT2D eigenvalue weighted by molar-refractivity contribution is 0.0184. The minimum atomic E-state index is -0.517. The molecule has 1 aliphatic rings. The van der Waals surface area contributed by atoms with Gasteiger partial charge in [-0.3, -0.25) is 14.0 Å². The van der Waals surface area contributed by atoms with Crippen LogP contribution in [0.3, 0.4) is 0 Å². The Morgan fingerprint density at radius 1 is 0.976 bits per heavy atom. The summed E-state index contributed by atoms with van der Waals surface area (Å²) in [5.41, 5.74) is 7.43. The fraction of sp³-hybridized carbons (Fsp3) is 0.419. The van der Waals surface area contributed by atoms with E-state index in [1.54, 1.807) is 4.90 Å². The quantitative estimate of drug-likeness (QED) is 0.236. The van der Waals surface area contributed by atoms with Crippen LogP contribution in [0.1, 0.15) is 50.9 Å². The number of amides is 1. The van der Waals surface area contributed by atoms with Crippen LogP contribution in [0.25, 0.3) is 44.2 Å². The smallest absolute Gasteiger partial charge is 0.410 e. The monoisotopic (exact) mass is 573 g/mol. The van der Waals surface area contributed by atoms with Crippen LogP contribution in [-0.4, -0.2) is 59.0 Å². The van der Waals surface area contributed by atoms with Crippen LogP contribution in [0.5, 0.6) is 0 Å². The Labute approximate surface area is 244 Å². The molecule has 1 saturated heterocycles. The molecule has 1 amide bonds. The van der Waals surface area contributed by atoms with Crippen LogP contribution in [0.2, 0.25) is 5.02 Å². The maximum Gasteiger partial charge on any atom is 0.410 e. The van der Waals surface area contributed by atoms with Gasteiger partial charge in [-0.2, -0.15) is 15.3 Å². The molecule has 9 nitrogen and oxygen atoms in total. The van der Waals surface area contributed by atoms with Gasteiger partial charge in [0.05, 0.1) is 34.5 Å². The minimum absolute atomic E-state index is 0.135. The maximum absolute atomic E-state index is 12.7. The molecule has 5 aromatic rings. The first kappa shape index (κ1) is 27.3. The van der Waals surface area contributed by atoms with Gasteiger partial charge in [-0.15, -0.1) is 0 Å². The molecule has 0 atom stereocenters. The summed E-state index contributed by atoms with van der Waals surface area (Å²) < 4.78 is 11.5. The first-order valence-corrected chi connectivity index (χ1v) is 14.4. The number of likely N-dealkylation sites (tertiary alicyclic amines) is 1. The lowest BCUT2D eigenvalue weighted by Crippen LogP contribution is -2.42. The molecule has 0 saturated carbocycles. The van der Waals surface area contributed by atoms with Gasteiger partial charge in [-0.25, -0.2) is 4.79 Å². The average Bonchev–Trinajstić information content (AvgIpc) is 3.59. The zero-order chi connectivity index (χ0) is 29.2. The zero-order valence-corrected chi connectivity index (χ0v) is 25.5. The number of aryl methyl sites for hydroxylation is 3. The van der Waals surface area contributed by atoms with E-state index >= 15 is 0 Å². The summed E-state index contributed by atoms with van der Waals surface area (Å²) in [6.07, 6.45) is 5.08. The molecule has 41 heavy (non-hydrogen) atoms. The third-order valence-corrected chi connectivity index (χ3v) is 8.54. The molecule has 3 aromatic heterocycles. The number of fused-ring (bicyclic) bond motifs is 2.